The molecular weight excluding hydrogens is 234 g/mol. The summed E-state index contributed by atoms with van der Waals surface area (Å²) in [6.45, 7) is 2.44. The van der Waals surface area contributed by atoms with E-state index in [1.807, 2.05) is 18.5 Å². The second-order valence-corrected chi connectivity index (χ2v) is 4.61. The molecule has 3 heterocycles. The summed E-state index contributed by atoms with van der Waals surface area (Å²) < 4.78 is 2.07. The van der Waals surface area contributed by atoms with Crippen molar-refractivity contribution in [1.29, 1.82) is 0 Å². The third kappa shape index (κ3) is 1.53. The second-order valence-electron chi connectivity index (χ2n) is 3.73. The SMILES string of the molecule is Cc1nc2sccn2c1-c1cnncc1CN. The molecule has 0 aliphatic carbocycles. The van der Waals surface area contributed by atoms with Crippen molar-refractivity contribution in [3.05, 3.63) is 35.2 Å². The van der Waals surface area contributed by atoms with E-state index < -0.39 is 0 Å². The van der Waals surface area contributed by atoms with Gasteiger partial charge in [0.05, 0.1) is 23.8 Å². The molecule has 86 valence electrons. The van der Waals surface area contributed by atoms with Crippen LogP contribution in [0.25, 0.3) is 16.2 Å². The van der Waals surface area contributed by atoms with Crippen molar-refractivity contribution in [3.63, 3.8) is 0 Å². The monoisotopic (exact) mass is 245 g/mol. The van der Waals surface area contributed by atoms with Crippen molar-refractivity contribution in [2.75, 3.05) is 0 Å². The van der Waals surface area contributed by atoms with Gasteiger partial charge in [0, 0.05) is 23.7 Å². The summed E-state index contributed by atoms with van der Waals surface area (Å²) >= 11 is 1.62. The molecule has 2 N–H and O–H groups in total. The molecule has 0 saturated heterocycles. The third-order valence-electron chi connectivity index (χ3n) is 2.72. The van der Waals surface area contributed by atoms with Crippen molar-refractivity contribution in [3.8, 4) is 11.3 Å². The number of nitrogens with two attached hydrogens (primary N) is 1. The molecule has 3 rings (SSSR count). The minimum Gasteiger partial charge on any atom is -0.326 e. The standard InChI is InChI=1S/C11H11N5S/c1-7-10(16-2-3-17-11(16)15-7)9-6-14-13-5-8(9)4-12/h2-3,5-6H,4,12H2,1H3. The Kier molecular flexibility index (Phi) is 2.38. The molecule has 0 amide bonds. The van der Waals surface area contributed by atoms with Crippen LogP contribution in [0, 0.1) is 6.92 Å². The maximum atomic E-state index is 5.73. The molecule has 0 spiro atoms. The van der Waals surface area contributed by atoms with Gasteiger partial charge in [-0.15, -0.1) is 11.3 Å². The number of aryl methyl sites for hydroxylation is 1. The second kappa shape index (κ2) is 3.90. The molecule has 0 atom stereocenters. The van der Waals surface area contributed by atoms with E-state index in [4.69, 9.17) is 5.73 Å². The molecule has 0 unspecified atom stereocenters. The summed E-state index contributed by atoms with van der Waals surface area (Å²) in [4.78, 5) is 5.50. The van der Waals surface area contributed by atoms with Gasteiger partial charge in [0.25, 0.3) is 0 Å². The normalized spacial score (nSPS) is 11.2. The Morgan fingerprint density at radius 3 is 3.00 bits per heavy atom. The van der Waals surface area contributed by atoms with Gasteiger partial charge in [-0.1, -0.05) is 0 Å². The quantitative estimate of drug-likeness (QED) is 0.745. The highest BCUT2D eigenvalue weighted by Gasteiger charge is 2.14. The Morgan fingerprint density at radius 1 is 1.35 bits per heavy atom. The Balaban J connectivity index is 2.33. The number of aromatic nitrogens is 4. The lowest BCUT2D eigenvalue weighted by molar-refractivity contribution is 0.964. The van der Waals surface area contributed by atoms with Crippen molar-refractivity contribution in [1.82, 2.24) is 19.6 Å². The van der Waals surface area contributed by atoms with Gasteiger partial charge in [0.15, 0.2) is 4.96 Å². The van der Waals surface area contributed by atoms with Crippen LogP contribution in [0.4, 0.5) is 0 Å². The van der Waals surface area contributed by atoms with E-state index in [-0.39, 0.29) is 0 Å². The zero-order chi connectivity index (χ0) is 11.8. The van der Waals surface area contributed by atoms with E-state index in [9.17, 15) is 0 Å². The highest BCUT2D eigenvalue weighted by Crippen LogP contribution is 2.28. The topological polar surface area (TPSA) is 69.1 Å². The fourth-order valence-electron chi connectivity index (χ4n) is 1.94. The van der Waals surface area contributed by atoms with E-state index >= 15 is 0 Å². The molecule has 6 heteroatoms. The first kappa shape index (κ1) is 10.4. The van der Waals surface area contributed by atoms with Crippen LogP contribution in [0.5, 0.6) is 0 Å². The maximum Gasteiger partial charge on any atom is 0.194 e. The van der Waals surface area contributed by atoms with Crippen molar-refractivity contribution < 1.29 is 0 Å². The van der Waals surface area contributed by atoms with Gasteiger partial charge in [-0.3, -0.25) is 4.40 Å². The van der Waals surface area contributed by atoms with Crippen LogP contribution in [-0.2, 0) is 6.54 Å². The molecule has 0 fully saturated rings. The van der Waals surface area contributed by atoms with Gasteiger partial charge in [-0.25, -0.2) is 4.98 Å². The van der Waals surface area contributed by atoms with Crippen molar-refractivity contribution >= 4 is 16.3 Å². The number of imidazole rings is 1. The lowest BCUT2D eigenvalue weighted by Crippen LogP contribution is -2.02. The van der Waals surface area contributed by atoms with Crippen LogP contribution in [0.3, 0.4) is 0 Å². The van der Waals surface area contributed by atoms with Gasteiger partial charge in [-0.2, -0.15) is 10.2 Å². The number of nitrogens with zero attached hydrogens (tertiary/aromatic N) is 4. The van der Waals surface area contributed by atoms with Crippen LogP contribution in [-0.4, -0.2) is 19.6 Å². The number of hydrogen-bond acceptors (Lipinski definition) is 5. The largest absolute Gasteiger partial charge is 0.326 e. The summed E-state index contributed by atoms with van der Waals surface area (Å²) in [6.07, 6.45) is 5.47. The first-order chi connectivity index (χ1) is 8.31. The molecule has 5 nitrogen and oxygen atoms in total. The van der Waals surface area contributed by atoms with Crippen LogP contribution in [0.2, 0.25) is 0 Å². The molecule has 0 radical (unpaired) electrons. The number of hydrogen-bond donors (Lipinski definition) is 1. The Morgan fingerprint density at radius 2 is 2.18 bits per heavy atom. The van der Waals surface area contributed by atoms with Gasteiger partial charge in [0.2, 0.25) is 0 Å². The smallest absolute Gasteiger partial charge is 0.194 e. The fourth-order valence-corrected chi connectivity index (χ4v) is 2.70. The molecule has 0 bridgehead atoms. The van der Waals surface area contributed by atoms with Crippen LogP contribution in [0.15, 0.2) is 24.0 Å². The van der Waals surface area contributed by atoms with E-state index in [2.05, 4.69) is 19.6 Å². The van der Waals surface area contributed by atoms with E-state index in [0.717, 1.165) is 27.5 Å². The first-order valence-electron chi connectivity index (χ1n) is 5.23. The third-order valence-corrected chi connectivity index (χ3v) is 3.48. The average Bonchev–Trinajstić information content (AvgIpc) is 2.89. The molecular formula is C11H11N5S. The Labute approximate surface area is 102 Å². The summed E-state index contributed by atoms with van der Waals surface area (Å²) in [5.41, 5.74) is 9.76. The summed E-state index contributed by atoms with van der Waals surface area (Å²) in [5.74, 6) is 0. The number of thiazole rings is 1. The fraction of sp³-hybridized carbons (Fsp3) is 0.182. The average molecular weight is 245 g/mol. The molecule has 0 aromatic carbocycles. The number of fused-ring (bicyclic) bond motifs is 1. The summed E-state index contributed by atoms with van der Waals surface area (Å²) in [6, 6.07) is 0. The van der Waals surface area contributed by atoms with Gasteiger partial charge >= 0.3 is 0 Å². The minimum atomic E-state index is 0.446. The highest BCUT2D eigenvalue weighted by molar-refractivity contribution is 7.15. The zero-order valence-electron chi connectivity index (χ0n) is 9.29. The van der Waals surface area contributed by atoms with Crippen LogP contribution < -0.4 is 5.73 Å². The predicted molar refractivity (Wildman–Crippen MR) is 66.7 cm³/mol. The lowest BCUT2D eigenvalue weighted by atomic mass is 10.1. The van der Waals surface area contributed by atoms with Gasteiger partial charge < -0.3 is 5.73 Å². The predicted octanol–water partition coefficient (Wildman–Crippen LogP) is 1.62. The highest BCUT2D eigenvalue weighted by atomic mass is 32.1. The molecule has 0 aliphatic heterocycles. The first-order valence-corrected chi connectivity index (χ1v) is 6.11. The molecule has 3 aromatic heterocycles. The molecule has 0 saturated carbocycles. The minimum absolute atomic E-state index is 0.446. The molecule has 0 aliphatic rings. The van der Waals surface area contributed by atoms with Gasteiger partial charge in [0.1, 0.15) is 0 Å². The number of rotatable bonds is 2. The zero-order valence-corrected chi connectivity index (χ0v) is 10.1. The van der Waals surface area contributed by atoms with Crippen LogP contribution in [0.1, 0.15) is 11.3 Å². The van der Waals surface area contributed by atoms with E-state index in [1.165, 1.54) is 0 Å². The van der Waals surface area contributed by atoms with Gasteiger partial charge in [-0.05, 0) is 12.5 Å². The Bertz CT molecular complexity index is 669. The maximum absolute atomic E-state index is 5.73. The molecule has 17 heavy (non-hydrogen) atoms. The van der Waals surface area contributed by atoms with Crippen molar-refractivity contribution in [2.24, 2.45) is 5.73 Å². The Hall–Kier alpha value is -1.79. The van der Waals surface area contributed by atoms with E-state index in [0.29, 0.717) is 6.54 Å². The lowest BCUT2D eigenvalue weighted by Gasteiger charge is -2.05. The van der Waals surface area contributed by atoms with Crippen molar-refractivity contribution in [2.45, 2.75) is 13.5 Å². The molecule has 3 aromatic rings. The summed E-state index contributed by atoms with van der Waals surface area (Å²) in [5, 5.41) is 9.82. The summed E-state index contributed by atoms with van der Waals surface area (Å²) in [7, 11) is 0. The van der Waals surface area contributed by atoms with E-state index in [1.54, 1.807) is 23.7 Å². The van der Waals surface area contributed by atoms with Crippen LogP contribution >= 0.6 is 11.3 Å².